The van der Waals surface area contributed by atoms with E-state index in [1.165, 1.54) is 18.6 Å². The molecule has 0 bridgehead atoms. The Balaban J connectivity index is 1.68. The third-order valence-electron chi connectivity index (χ3n) is 7.46. The van der Waals surface area contributed by atoms with Crippen molar-refractivity contribution in [3.8, 4) is 11.5 Å². The zero-order valence-corrected chi connectivity index (χ0v) is 23.4. The number of aliphatic hydroxyl groups excluding tert-OH is 1. The van der Waals surface area contributed by atoms with Gasteiger partial charge in [0, 0.05) is 12.8 Å². The van der Waals surface area contributed by atoms with Gasteiger partial charge < -0.3 is 31.3 Å². The Morgan fingerprint density at radius 2 is 1.32 bits per heavy atom. The van der Waals surface area contributed by atoms with E-state index in [9.17, 15) is 29.7 Å². The topological polar surface area (TPSA) is 148 Å². The van der Waals surface area contributed by atoms with Gasteiger partial charge >= 0.3 is 0 Å². The Morgan fingerprint density at radius 3 is 1.85 bits per heavy atom. The first kappa shape index (κ1) is 30.9. The van der Waals surface area contributed by atoms with E-state index in [-0.39, 0.29) is 36.4 Å². The molecule has 1 aliphatic carbocycles. The molecule has 2 aromatic rings. The van der Waals surface area contributed by atoms with Gasteiger partial charge in [0.05, 0.1) is 12.6 Å². The van der Waals surface area contributed by atoms with E-state index in [0.717, 1.165) is 36.8 Å². The normalized spacial score (nSPS) is 16.1. The van der Waals surface area contributed by atoms with Crippen LogP contribution in [0.2, 0.25) is 0 Å². The molecular weight excluding hydrogens is 510 g/mol. The van der Waals surface area contributed by atoms with E-state index < -0.39 is 29.9 Å². The first-order chi connectivity index (χ1) is 19.1. The third-order valence-corrected chi connectivity index (χ3v) is 7.46. The summed E-state index contributed by atoms with van der Waals surface area (Å²) in [5.41, 5.74) is 1.59. The molecule has 3 atom stereocenters. The summed E-state index contributed by atoms with van der Waals surface area (Å²) in [6.07, 6.45) is 6.35. The molecule has 40 heavy (non-hydrogen) atoms. The Bertz CT molecular complexity index is 1100. The zero-order valence-electron chi connectivity index (χ0n) is 23.4. The Kier molecular flexibility index (Phi) is 11.8. The Labute approximate surface area is 236 Å². The van der Waals surface area contributed by atoms with Crippen LogP contribution in [0.25, 0.3) is 0 Å². The summed E-state index contributed by atoms with van der Waals surface area (Å²) >= 11 is 0. The first-order valence-electron chi connectivity index (χ1n) is 14.2. The van der Waals surface area contributed by atoms with Crippen molar-refractivity contribution in [1.29, 1.82) is 0 Å². The molecule has 1 aliphatic rings. The molecule has 0 aromatic heterocycles. The van der Waals surface area contributed by atoms with E-state index >= 15 is 0 Å². The van der Waals surface area contributed by atoms with E-state index in [2.05, 4.69) is 16.0 Å². The molecule has 218 valence electrons. The van der Waals surface area contributed by atoms with Crippen molar-refractivity contribution in [2.45, 2.75) is 83.3 Å². The maximum atomic E-state index is 13.5. The molecule has 0 unspecified atom stereocenters. The van der Waals surface area contributed by atoms with E-state index in [1.54, 1.807) is 36.4 Å². The predicted molar refractivity (Wildman–Crippen MR) is 153 cm³/mol. The lowest BCUT2D eigenvalue weighted by Gasteiger charge is -2.28. The molecule has 1 saturated carbocycles. The summed E-state index contributed by atoms with van der Waals surface area (Å²) in [6.45, 7) is 3.33. The minimum Gasteiger partial charge on any atom is -0.508 e. The summed E-state index contributed by atoms with van der Waals surface area (Å²) in [5, 5.41) is 37.6. The smallest absolute Gasteiger partial charge is 0.243 e. The number of phenolic OH excluding ortho intramolecular Hbond substituents is 2. The second-order valence-corrected chi connectivity index (χ2v) is 11.2. The Hall–Kier alpha value is -3.59. The van der Waals surface area contributed by atoms with Gasteiger partial charge in [-0.2, -0.15) is 0 Å². The third kappa shape index (κ3) is 9.86. The van der Waals surface area contributed by atoms with Crippen LogP contribution in [0, 0.1) is 11.8 Å². The maximum Gasteiger partial charge on any atom is 0.243 e. The van der Waals surface area contributed by atoms with Gasteiger partial charge in [-0.3, -0.25) is 14.4 Å². The fourth-order valence-corrected chi connectivity index (χ4v) is 5.14. The molecule has 2 aromatic carbocycles. The molecule has 0 radical (unpaired) electrons. The highest BCUT2D eigenvalue weighted by Gasteiger charge is 2.30. The highest BCUT2D eigenvalue weighted by atomic mass is 16.3. The Morgan fingerprint density at radius 1 is 0.775 bits per heavy atom. The van der Waals surface area contributed by atoms with Crippen LogP contribution in [0.5, 0.6) is 11.5 Å². The fourth-order valence-electron chi connectivity index (χ4n) is 5.14. The number of carbonyl (C=O) groups is 3. The minimum absolute atomic E-state index is 0.105. The summed E-state index contributed by atoms with van der Waals surface area (Å²) in [4.78, 5) is 39.7. The molecular formula is C31H43N3O6. The summed E-state index contributed by atoms with van der Waals surface area (Å²) in [6, 6.07) is 10.6. The average molecular weight is 554 g/mol. The van der Waals surface area contributed by atoms with Gasteiger partial charge in [-0.15, -0.1) is 0 Å². The van der Waals surface area contributed by atoms with Gasteiger partial charge in [0.2, 0.25) is 17.7 Å². The number of aliphatic hydroxyl groups is 1. The van der Waals surface area contributed by atoms with Crippen LogP contribution in [-0.2, 0) is 27.2 Å². The van der Waals surface area contributed by atoms with Gasteiger partial charge in [-0.25, -0.2) is 0 Å². The molecule has 0 aliphatic heterocycles. The molecule has 1 fully saturated rings. The lowest BCUT2D eigenvalue weighted by atomic mass is 9.86. The van der Waals surface area contributed by atoms with Gasteiger partial charge in [-0.1, -0.05) is 57.4 Å². The predicted octanol–water partition coefficient (Wildman–Crippen LogP) is 2.96. The van der Waals surface area contributed by atoms with Crippen LogP contribution in [0.3, 0.4) is 0 Å². The zero-order chi connectivity index (χ0) is 29.1. The van der Waals surface area contributed by atoms with E-state index in [4.69, 9.17) is 0 Å². The van der Waals surface area contributed by atoms with Crippen molar-refractivity contribution in [3.63, 3.8) is 0 Å². The van der Waals surface area contributed by atoms with Crippen LogP contribution in [0.1, 0.15) is 63.5 Å². The molecule has 0 spiro atoms. The molecule has 3 rings (SSSR count). The molecule has 3 amide bonds. The second-order valence-electron chi connectivity index (χ2n) is 11.2. The monoisotopic (exact) mass is 553 g/mol. The molecule has 9 heteroatoms. The number of carbonyl (C=O) groups excluding carboxylic acids is 3. The van der Waals surface area contributed by atoms with Crippen molar-refractivity contribution in [3.05, 3.63) is 59.7 Å². The van der Waals surface area contributed by atoms with Gasteiger partial charge in [0.1, 0.15) is 23.6 Å². The summed E-state index contributed by atoms with van der Waals surface area (Å²) < 4.78 is 0. The first-order valence-corrected chi connectivity index (χ1v) is 14.2. The SMILES string of the molecule is CC(C)[C@H](NC(=O)[C@H](Cc1ccc(O)cc1)NC(=O)CC1CCCCC1)C(=O)N[C@H](CO)Cc1ccc(O)cc1. The number of aromatic hydroxyl groups is 2. The highest BCUT2D eigenvalue weighted by Crippen LogP contribution is 2.26. The summed E-state index contributed by atoms with van der Waals surface area (Å²) in [7, 11) is 0. The average Bonchev–Trinajstić information content (AvgIpc) is 2.93. The minimum atomic E-state index is -0.902. The van der Waals surface area contributed by atoms with Gasteiger partial charge in [0.15, 0.2) is 0 Å². The number of nitrogens with one attached hydrogen (secondary N) is 3. The molecule has 0 saturated heterocycles. The number of phenols is 2. The van der Waals surface area contributed by atoms with Crippen LogP contribution >= 0.6 is 0 Å². The van der Waals surface area contributed by atoms with Gasteiger partial charge in [0.25, 0.3) is 0 Å². The standard InChI is InChI=1S/C31H43N3O6/c1-20(2)29(31(40)32-24(19-35)16-22-8-12-25(36)13-9-22)34-30(39)27(17-23-10-14-26(37)15-11-23)33-28(38)18-21-6-4-3-5-7-21/h8-15,20-21,24,27,29,35-37H,3-7,16-19H2,1-2H3,(H,32,40)(H,33,38)(H,34,39)/t24-,27-,29-/m0/s1. The summed E-state index contributed by atoms with van der Waals surface area (Å²) in [5.74, 6) is -0.813. The van der Waals surface area contributed by atoms with E-state index in [0.29, 0.717) is 18.8 Å². The van der Waals surface area contributed by atoms with Crippen LogP contribution < -0.4 is 16.0 Å². The molecule has 6 N–H and O–H groups in total. The number of rotatable bonds is 13. The quantitative estimate of drug-likeness (QED) is 0.225. The van der Waals surface area contributed by atoms with E-state index in [1.807, 2.05) is 13.8 Å². The largest absolute Gasteiger partial charge is 0.508 e. The van der Waals surface area contributed by atoms with Crippen molar-refractivity contribution < 1.29 is 29.7 Å². The number of hydrogen-bond acceptors (Lipinski definition) is 6. The molecule has 9 nitrogen and oxygen atoms in total. The van der Waals surface area contributed by atoms with Crippen molar-refractivity contribution >= 4 is 17.7 Å². The van der Waals surface area contributed by atoms with Gasteiger partial charge in [-0.05, 0) is 66.5 Å². The second kappa shape index (κ2) is 15.3. The van der Waals surface area contributed by atoms with Crippen LogP contribution in [-0.4, -0.2) is 57.8 Å². The van der Waals surface area contributed by atoms with Crippen LogP contribution in [0.15, 0.2) is 48.5 Å². The highest BCUT2D eigenvalue weighted by molar-refractivity contribution is 5.92. The lowest BCUT2D eigenvalue weighted by molar-refractivity contribution is -0.133. The van der Waals surface area contributed by atoms with Crippen molar-refractivity contribution in [2.75, 3.05) is 6.61 Å². The number of amides is 3. The lowest BCUT2D eigenvalue weighted by Crippen LogP contribution is -2.57. The number of hydrogen-bond donors (Lipinski definition) is 6. The molecule has 0 heterocycles. The van der Waals surface area contributed by atoms with Crippen LogP contribution in [0.4, 0.5) is 0 Å². The van der Waals surface area contributed by atoms with Crippen molar-refractivity contribution in [2.24, 2.45) is 11.8 Å². The van der Waals surface area contributed by atoms with Crippen molar-refractivity contribution in [1.82, 2.24) is 16.0 Å². The maximum absolute atomic E-state index is 13.5. The number of benzene rings is 2. The fraction of sp³-hybridized carbons (Fsp3) is 0.516.